The lowest BCUT2D eigenvalue weighted by atomic mass is 9.76. The van der Waals surface area contributed by atoms with E-state index in [9.17, 15) is 9.90 Å². The highest BCUT2D eigenvalue weighted by molar-refractivity contribution is 6.32. The molecule has 24 heavy (non-hydrogen) atoms. The van der Waals surface area contributed by atoms with E-state index in [-0.39, 0.29) is 11.6 Å². The van der Waals surface area contributed by atoms with Gasteiger partial charge in [-0.15, -0.1) is 0 Å². The van der Waals surface area contributed by atoms with Gasteiger partial charge in [-0.25, -0.2) is 0 Å². The summed E-state index contributed by atoms with van der Waals surface area (Å²) >= 11 is 6.48. The minimum Gasteiger partial charge on any atom is -0.545 e. The number of carbonyl (C=O) groups excluding carboxylic acids is 1. The summed E-state index contributed by atoms with van der Waals surface area (Å²) in [6.07, 6.45) is 5.44. The number of nitrogens with one attached hydrogen (secondary N) is 1. The monoisotopic (exact) mass is 338 g/mol. The van der Waals surface area contributed by atoms with Gasteiger partial charge in [-0.1, -0.05) is 54.1 Å². The maximum atomic E-state index is 11.0. The third-order valence-electron chi connectivity index (χ3n) is 5.18. The standard InChI is InChI=1S/C20H18ClNO2/c1-11-5-10-16(21)17-14-3-2-4-15(14)19(22-18(11)17)12-6-8-13(9-7-12)20(23)24/h2-3,5-10,14-15,19,22H,4H2,1H3,(H,23,24)/p-1. The molecule has 2 aliphatic rings. The summed E-state index contributed by atoms with van der Waals surface area (Å²) in [4.78, 5) is 11.0. The van der Waals surface area contributed by atoms with Crippen LogP contribution in [-0.2, 0) is 0 Å². The fourth-order valence-corrected chi connectivity index (χ4v) is 4.25. The second-order valence-electron chi connectivity index (χ2n) is 6.54. The van der Waals surface area contributed by atoms with Crippen molar-refractivity contribution < 1.29 is 9.90 Å². The van der Waals surface area contributed by atoms with E-state index in [0.717, 1.165) is 22.7 Å². The number of aromatic carboxylic acids is 1. The molecule has 0 aromatic heterocycles. The van der Waals surface area contributed by atoms with Gasteiger partial charge in [0.1, 0.15) is 0 Å². The minimum atomic E-state index is -1.15. The third kappa shape index (κ3) is 2.31. The van der Waals surface area contributed by atoms with Crippen LogP contribution in [0.4, 0.5) is 5.69 Å². The molecule has 2 aromatic rings. The Morgan fingerprint density at radius 1 is 1.21 bits per heavy atom. The molecule has 1 N–H and O–H groups in total. The average molecular weight is 339 g/mol. The van der Waals surface area contributed by atoms with Crippen LogP contribution in [0.25, 0.3) is 0 Å². The fourth-order valence-electron chi connectivity index (χ4n) is 3.97. The SMILES string of the molecule is Cc1ccc(Cl)c2c1NC(c1ccc(C(=O)[O-])cc1)C1CC=CC21. The number of carboxylic acid groups (broad SMARTS) is 1. The Kier molecular flexibility index (Phi) is 3.61. The number of hydrogen-bond acceptors (Lipinski definition) is 3. The van der Waals surface area contributed by atoms with Crippen LogP contribution >= 0.6 is 11.6 Å². The molecule has 4 heteroatoms. The zero-order valence-electron chi connectivity index (χ0n) is 13.3. The maximum Gasteiger partial charge on any atom is 0.0715 e. The fraction of sp³-hybridized carbons (Fsp3) is 0.250. The first-order valence-electron chi connectivity index (χ1n) is 8.10. The summed E-state index contributed by atoms with van der Waals surface area (Å²) in [6.45, 7) is 2.08. The summed E-state index contributed by atoms with van der Waals surface area (Å²) in [5.41, 5.74) is 4.74. The van der Waals surface area contributed by atoms with Crippen LogP contribution in [0.15, 0.2) is 48.6 Å². The predicted molar refractivity (Wildman–Crippen MR) is 93.3 cm³/mol. The third-order valence-corrected chi connectivity index (χ3v) is 5.51. The number of carboxylic acids is 1. The molecule has 0 spiro atoms. The quantitative estimate of drug-likeness (QED) is 0.846. The van der Waals surface area contributed by atoms with E-state index >= 15 is 0 Å². The molecule has 3 atom stereocenters. The molecule has 1 aliphatic carbocycles. The Morgan fingerprint density at radius 3 is 2.67 bits per heavy atom. The highest BCUT2D eigenvalue weighted by Gasteiger charge is 2.39. The molecule has 1 heterocycles. The highest BCUT2D eigenvalue weighted by Crippen LogP contribution is 2.52. The first kappa shape index (κ1) is 15.3. The van der Waals surface area contributed by atoms with E-state index in [1.54, 1.807) is 12.1 Å². The van der Waals surface area contributed by atoms with Gasteiger partial charge in [0.15, 0.2) is 0 Å². The number of halogens is 1. The second kappa shape index (κ2) is 5.67. The van der Waals surface area contributed by atoms with Gasteiger partial charge in [-0.3, -0.25) is 0 Å². The normalized spacial score (nSPS) is 24.2. The van der Waals surface area contributed by atoms with Crippen LogP contribution in [0.2, 0.25) is 5.02 Å². The van der Waals surface area contributed by atoms with Gasteiger partial charge in [-0.2, -0.15) is 0 Å². The first-order valence-corrected chi connectivity index (χ1v) is 8.47. The van der Waals surface area contributed by atoms with Crippen LogP contribution in [0.1, 0.15) is 45.4 Å². The van der Waals surface area contributed by atoms with Crippen molar-refractivity contribution in [3.63, 3.8) is 0 Å². The lowest BCUT2D eigenvalue weighted by Gasteiger charge is -2.38. The Bertz CT molecular complexity index is 841. The van der Waals surface area contributed by atoms with Gasteiger partial charge in [0.2, 0.25) is 0 Å². The van der Waals surface area contributed by atoms with Crippen molar-refractivity contribution in [1.82, 2.24) is 0 Å². The molecule has 122 valence electrons. The number of aryl methyl sites for hydroxylation is 1. The molecule has 0 saturated heterocycles. The molecule has 3 nitrogen and oxygen atoms in total. The van der Waals surface area contributed by atoms with Crippen molar-refractivity contribution in [3.05, 3.63) is 75.8 Å². The Labute approximate surface area is 146 Å². The molecule has 0 saturated carbocycles. The van der Waals surface area contributed by atoms with Gasteiger partial charge in [0.05, 0.1) is 12.0 Å². The Hall–Kier alpha value is -2.26. The van der Waals surface area contributed by atoms with Gasteiger partial charge in [-0.05, 0) is 42.0 Å². The number of hydrogen-bond donors (Lipinski definition) is 1. The van der Waals surface area contributed by atoms with E-state index in [0.29, 0.717) is 11.8 Å². The largest absolute Gasteiger partial charge is 0.545 e. The Balaban J connectivity index is 1.78. The Morgan fingerprint density at radius 2 is 1.96 bits per heavy atom. The second-order valence-corrected chi connectivity index (χ2v) is 6.95. The van der Waals surface area contributed by atoms with Gasteiger partial charge < -0.3 is 15.2 Å². The van der Waals surface area contributed by atoms with Crippen molar-refractivity contribution in [2.75, 3.05) is 5.32 Å². The number of carbonyl (C=O) groups is 1. The van der Waals surface area contributed by atoms with Crippen molar-refractivity contribution in [3.8, 4) is 0 Å². The van der Waals surface area contributed by atoms with Gasteiger partial charge in [0, 0.05) is 22.2 Å². The van der Waals surface area contributed by atoms with Crippen molar-refractivity contribution in [1.29, 1.82) is 0 Å². The molecule has 0 bridgehead atoms. The summed E-state index contributed by atoms with van der Waals surface area (Å²) in [7, 11) is 0. The molecular weight excluding hydrogens is 322 g/mol. The summed E-state index contributed by atoms with van der Waals surface area (Å²) in [5, 5.41) is 15.4. The number of anilines is 1. The zero-order chi connectivity index (χ0) is 16.8. The van der Waals surface area contributed by atoms with Crippen LogP contribution in [0.3, 0.4) is 0 Å². The van der Waals surface area contributed by atoms with E-state index in [1.165, 1.54) is 11.1 Å². The number of fused-ring (bicyclic) bond motifs is 3. The van der Waals surface area contributed by atoms with E-state index in [4.69, 9.17) is 11.6 Å². The lowest BCUT2D eigenvalue weighted by Crippen LogP contribution is -2.30. The summed E-state index contributed by atoms with van der Waals surface area (Å²) in [6, 6.07) is 11.1. The van der Waals surface area contributed by atoms with E-state index in [1.807, 2.05) is 24.3 Å². The highest BCUT2D eigenvalue weighted by atomic mass is 35.5. The number of allylic oxidation sites excluding steroid dienone is 2. The minimum absolute atomic E-state index is 0.130. The molecule has 1 aliphatic heterocycles. The molecular formula is C20H17ClNO2-. The van der Waals surface area contributed by atoms with E-state index in [2.05, 4.69) is 24.4 Å². The molecule has 0 radical (unpaired) electrons. The van der Waals surface area contributed by atoms with Crippen LogP contribution in [0, 0.1) is 12.8 Å². The van der Waals surface area contributed by atoms with Crippen LogP contribution in [-0.4, -0.2) is 5.97 Å². The number of rotatable bonds is 2. The lowest BCUT2D eigenvalue weighted by molar-refractivity contribution is -0.255. The predicted octanol–water partition coefficient (Wildman–Crippen LogP) is 3.84. The van der Waals surface area contributed by atoms with Crippen LogP contribution < -0.4 is 10.4 Å². The van der Waals surface area contributed by atoms with Gasteiger partial charge in [0.25, 0.3) is 0 Å². The molecule has 0 amide bonds. The average Bonchev–Trinajstić information content (AvgIpc) is 3.07. The maximum absolute atomic E-state index is 11.0. The first-order chi connectivity index (χ1) is 11.6. The molecule has 2 aromatic carbocycles. The molecule has 3 unspecified atom stereocenters. The molecule has 0 fully saturated rings. The van der Waals surface area contributed by atoms with Gasteiger partial charge >= 0.3 is 0 Å². The summed E-state index contributed by atoms with van der Waals surface area (Å²) in [5.74, 6) is -0.475. The van der Waals surface area contributed by atoms with Crippen molar-refractivity contribution in [2.45, 2.75) is 25.3 Å². The van der Waals surface area contributed by atoms with E-state index < -0.39 is 5.97 Å². The molecule has 4 rings (SSSR count). The summed E-state index contributed by atoms with van der Waals surface area (Å²) < 4.78 is 0. The van der Waals surface area contributed by atoms with Crippen molar-refractivity contribution in [2.24, 2.45) is 5.92 Å². The smallest absolute Gasteiger partial charge is 0.0715 e. The topological polar surface area (TPSA) is 52.2 Å². The van der Waals surface area contributed by atoms with Crippen LogP contribution in [0.5, 0.6) is 0 Å². The van der Waals surface area contributed by atoms with Crippen molar-refractivity contribution >= 4 is 23.3 Å². The zero-order valence-corrected chi connectivity index (χ0v) is 14.0. The number of benzene rings is 2.